The number of benzene rings is 1. The van der Waals surface area contributed by atoms with Crippen molar-refractivity contribution < 1.29 is 14.3 Å². The first-order valence-electron chi connectivity index (χ1n) is 11.0. The molecule has 0 atom stereocenters. The molecule has 1 aliphatic rings. The molecule has 0 aliphatic carbocycles. The lowest BCUT2D eigenvalue weighted by Crippen LogP contribution is -2.41. The summed E-state index contributed by atoms with van der Waals surface area (Å²) in [6.45, 7) is 8.31. The molecule has 31 heavy (non-hydrogen) atoms. The van der Waals surface area contributed by atoms with Crippen LogP contribution in [0.4, 0.5) is 5.00 Å². The van der Waals surface area contributed by atoms with Crippen LogP contribution in [0.15, 0.2) is 36.4 Å². The molecule has 3 rings (SSSR count). The molecule has 0 saturated carbocycles. The van der Waals surface area contributed by atoms with E-state index in [0.717, 1.165) is 44.6 Å². The summed E-state index contributed by atoms with van der Waals surface area (Å²) in [6.07, 6.45) is 2.22. The van der Waals surface area contributed by atoms with E-state index in [1.54, 1.807) is 6.92 Å². The lowest BCUT2D eigenvalue weighted by atomic mass is 9.96. The highest BCUT2D eigenvalue weighted by Gasteiger charge is 2.22. The molecule has 2 aromatic rings. The van der Waals surface area contributed by atoms with E-state index in [-0.39, 0.29) is 11.9 Å². The maximum Gasteiger partial charge on any atom is 0.348 e. The number of hydrogen-bond donors (Lipinski definition) is 1. The van der Waals surface area contributed by atoms with Gasteiger partial charge in [0.15, 0.2) is 0 Å². The molecule has 168 valence electrons. The standard InChI is InChI=1S/C24H33N3O3S/c1-4-30-24(29)23-18(2)14-22(31-23)25-21(28)17-27-12-10-20(11-13-27)16-26(3)15-19-8-6-5-7-9-19/h5-9,14,20H,4,10-13,15-17H2,1-3H3,(H,25,28). The Bertz CT molecular complexity index is 860. The van der Waals surface area contributed by atoms with E-state index >= 15 is 0 Å². The number of hydrogen-bond acceptors (Lipinski definition) is 6. The second-order valence-electron chi connectivity index (χ2n) is 8.29. The van der Waals surface area contributed by atoms with Crippen molar-refractivity contribution in [2.24, 2.45) is 5.92 Å². The molecule has 1 amide bonds. The Kier molecular flexibility index (Phi) is 8.63. The zero-order chi connectivity index (χ0) is 22.2. The molecule has 1 N–H and O–H groups in total. The van der Waals surface area contributed by atoms with Crippen LogP contribution >= 0.6 is 11.3 Å². The Hall–Kier alpha value is -2.22. The van der Waals surface area contributed by atoms with Crippen LogP contribution in [0.1, 0.15) is 40.6 Å². The van der Waals surface area contributed by atoms with E-state index < -0.39 is 0 Å². The Balaban J connectivity index is 1.40. The number of nitrogens with zero attached hydrogens (tertiary/aromatic N) is 2. The molecule has 7 heteroatoms. The van der Waals surface area contributed by atoms with Gasteiger partial charge in [0.05, 0.1) is 18.2 Å². The number of esters is 1. The van der Waals surface area contributed by atoms with Gasteiger partial charge in [-0.1, -0.05) is 30.3 Å². The summed E-state index contributed by atoms with van der Waals surface area (Å²) in [5.74, 6) is 0.307. The Morgan fingerprint density at radius 3 is 2.61 bits per heavy atom. The van der Waals surface area contributed by atoms with Gasteiger partial charge >= 0.3 is 5.97 Å². The third kappa shape index (κ3) is 7.16. The molecule has 6 nitrogen and oxygen atoms in total. The summed E-state index contributed by atoms with van der Waals surface area (Å²) in [5.41, 5.74) is 2.17. The predicted molar refractivity (Wildman–Crippen MR) is 126 cm³/mol. The third-order valence-electron chi connectivity index (χ3n) is 5.58. The summed E-state index contributed by atoms with van der Waals surface area (Å²) < 4.78 is 5.07. The summed E-state index contributed by atoms with van der Waals surface area (Å²) in [5, 5.41) is 3.64. The van der Waals surface area contributed by atoms with E-state index in [0.29, 0.717) is 28.9 Å². The number of likely N-dealkylation sites (tertiary alicyclic amines) is 1. The van der Waals surface area contributed by atoms with Crippen molar-refractivity contribution in [2.45, 2.75) is 33.2 Å². The van der Waals surface area contributed by atoms with Crippen LogP contribution < -0.4 is 5.32 Å². The number of carbonyl (C=O) groups excluding carboxylic acids is 2. The minimum Gasteiger partial charge on any atom is -0.462 e. The number of aryl methyl sites for hydroxylation is 1. The highest BCUT2D eigenvalue weighted by molar-refractivity contribution is 7.18. The Labute approximate surface area is 189 Å². The monoisotopic (exact) mass is 443 g/mol. The zero-order valence-corrected chi connectivity index (χ0v) is 19.5. The normalized spacial score (nSPS) is 15.2. The average Bonchev–Trinajstić information content (AvgIpc) is 3.10. The molecule has 0 spiro atoms. The molecule has 1 fully saturated rings. The van der Waals surface area contributed by atoms with E-state index in [1.165, 1.54) is 16.9 Å². The van der Waals surface area contributed by atoms with E-state index in [1.807, 2.05) is 19.1 Å². The van der Waals surface area contributed by atoms with Gasteiger partial charge in [0.1, 0.15) is 4.88 Å². The number of anilines is 1. The van der Waals surface area contributed by atoms with Crippen LogP contribution in [0.3, 0.4) is 0 Å². The molecule has 2 heterocycles. The van der Waals surface area contributed by atoms with Crippen LogP contribution in [0.5, 0.6) is 0 Å². The molecule has 0 radical (unpaired) electrons. The zero-order valence-electron chi connectivity index (χ0n) is 18.7. The first kappa shape index (κ1) is 23.4. The van der Waals surface area contributed by atoms with Crippen LogP contribution in [0.25, 0.3) is 0 Å². The van der Waals surface area contributed by atoms with E-state index in [9.17, 15) is 9.59 Å². The third-order valence-corrected chi connectivity index (χ3v) is 6.71. The Morgan fingerprint density at radius 1 is 1.23 bits per heavy atom. The summed E-state index contributed by atoms with van der Waals surface area (Å²) >= 11 is 1.28. The minimum absolute atomic E-state index is 0.0312. The van der Waals surface area contributed by atoms with Crippen molar-refractivity contribution in [3.05, 3.63) is 52.4 Å². The quantitative estimate of drug-likeness (QED) is 0.593. The fraction of sp³-hybridized carbons (Fsp3) is 0.500. The average molecular weight is 444 g/mol. The molecule has 1 aromatic carbocycles. The lowest BCUT2D eigenvalue weighted by molar-refractivity contribution is -0.117. The number of amides is 1. The van der Waals surface area contributed by atoms with Crippen molar-refractivity contribution in [1.82, 2.24) is 9.80 Å². The highest BCUT2D eigenvalue weighted by Crippen LogP contribution is 2.27. The number of carbonyl (C=O) groups is 2. The van der Waals surface area contributed by atoms with Crippen LogP contribution in [0, 0.1) is 12.8 Å². The van der Waals surface area contributed by atoms with Gasteiger partial charge in [0.25, 0.3) is 0 Å². The van der Waals surface area contributed by atoms with Gasteiger partial charge in [-0.25, -0.2) is 4.79 Å². The van der Waals surface area contributed by atoms with Crippen LogP contribution in [-0.4, -0.2) is 61.5 Å². The smallest absolute Gasteiger partial charge is 0.348 e. The van der Waals surface area contributed by atoms with Gasteiger partial charge in [-0.15, -0.1) is 11.3 Å². The number of thiophene rings is 1. The maximum absolute atomic E-state index is 12.5. The Morgan fingerprint density at radius 2 is 1.94 bits per heavy atom. The van der Waals surface area contributed by atoms with Crippen molar-refractivity contribution in [2.75, 3.05) is 45.2 Å². The predicted octanol–water partition coefficient (Wildman–Crippen LogP) is 4.02. The molecule has 0 unspecified atom stereocenters. The second-order valence-corrected chi connectivity index (χ2v) is 9.35. The van der Waals surface area contributed by atoms with Crippen molar-refractivity contribution in [1.29, 1.82) is 0 Å². The topological polar surface area (TPSA) is 61.9 Å². The van der Waals surface area contributed by atoms with Crippen LogP contribution in [-0.2, 0) is 16.1 Å². The van der Waals surface area contributed by atoms with E-state index in [2.05, 4.69) is 46.4 Å². The molecular weight excluding hydrogens is 410 g/mol. The van der Waals surface area contributed by atoms with Crippen molar-refractivity contribution in [3.8, 4) is 0 Å². The first-order chi connectivity index (χ1) is 14.9. The minimum atomic E-state index is -0.329. The van der Waals surface area contributed by atoms with Gasteiger partial charge in [-0.2, -0.15) is 0 Å². The van der Waals surface area contributed by atoms with Crippen molar-refractivity contribution in [3.63, 3.8) is 0 Å². The molecular formula is C24H33N3O3S. The van der Waals surface area contributed by atoms with Crippen LogP contribution in [0.2, 0.25) is 0 Å². The molecule has 1 aliphatic heterocycles. The van der Waals surface area contributed by atoms with Gasteiger partial charge in [0.2, 0.25) is 5.91 Å². The maximum atomic E-state index is 12.5. The lowest BCUT2D eigenvalue weighted by Gasteiger charge is -2.33. The van der Waals surface area contributed by atoms with Gasteiger partial charge in [-0.3, -0.25) is 9.69 Å². The molecule has 1 aromatic heterocycles. The second kappa shape index (κ2) is 11.4. The van der Waals surface area contributed by atoms with Gasteiger partial charge in [0, 0.05) is 13.1 Å². The number of ether oxygens (including phenoxy) is 1. The number of piperidine rings is 1. The highest BCUT2D eigenvalue weighted by atomic mass is 32.1. The van der Waals surface area contributed by atoms with Gasteiger partial charge in [-0.05, 0) is 69.9 Å². The number of nitrogens with one attached hydrogen (secondary N) is 1. The summed E-state index contributed by atoms with van der Waals surface area (Å²) in [7, 11) is 2.18. The summed E-state index contributed by atoms with van der Waals surface area (Å²) in [6, 6.07) is 12.4. The summed E-state index contributed by atoms with van der Waals surface area (Å²) in [4.78, 5) is 29.6. The number of rotatable bonds is 9. The molecule has 0 bridgehead atoms. The fourth-order valence-electron chi connectivity index (χ4n) is 4.05. The van der Waals surface area contributed by atoms with Crippen molar-refractivity contribution >= 4 is 28.2 Å². The molecule has 1 saturated heterocycles. The van der Waals surface area contributed by atoms with Gasteiger partial charge < -0.3 is 15.0 Å². The largest absolute Gasteiger partial charge is 0.462 e. The SMILES string of the molecule is CCOC(=O)c1sc(NC(=O)CN2CCC(CN(C)Cc3ccccc3)CC2)cc1C. The fourth-order valence-corrected chi connectivity index (χ4v) is 5.03. The van der Waals surface area contributed by atoms with E-state index in [4.69, 9.17) is 4.74 Å². The first-order valence-corrected chi connectivity index (χ1v) is 11.8.